The number of piperazine rings is 1. The van der Waals surface area contributed by atoms with Gasteiger partial charge in [0.2, 0.25) is 0 Å². The molecule has 1 atom stereocenters. The molecule has 0 radical (unpaired) electrons. The highest BCUT2D eigenvalue weighted by atomic mass is 16.2. The van der Waals surface area contributed by atoms with Gasteiger partial charge in [-0.05, 0) is 42.4 Å². The van der Waals surface area contributed by atoms with Gasteiger partial charge in [0.15, 0.2) is 0 Å². The molecular weight excluding hydrogens is 404 g/mol. The van der Waals surface area contributed by atoms with Gasteiger partial charge in [-0.3, -0.25) is 5.01 Å². The largest absolute Gasteiger partial charge is 0.378 e. The minimum absolute atomic E-state index is 0.213. The molecule has 1 saturated heterocycles. The third kappa shape index (κ3) is 4.88. The number of hydrogen-bond donors (Lipinski definition) is 1. The molecule has 2 aliphatic heterocycles. The van der Waals surface area contributed by atoms with Crippen LogP contribution in [0.4, 0.5) is 16.2 Å². The Balaban J connectivity index is 1.46. The second-order valence-corrected chi connectivity index (χ2v) is 8.43. The van der Waals surface area contributed by atoms with Crippen molar-refractivity contribution in [1.29, 1.82) is 0 Å². The molecule has 1 unspecified atom stereocenters. The fraction of sp³-hybridized carbons (Fsp3) is 0.391. The molecule has 2 aromatic carbocycles. The lowest BCUT2D eigenvalue weighted by Crippen LogP contribution is -2.41. The molecule has 2 amide bonds. The molecule has 2 aromatic rings. The van der Waals surface area contributed by atoms with Crippen LogP contribution in [0.1, 0.15) is 23.6 Å². The first-order valence-corrected chi connectivity index (χ1v) is 10.8. The zero-order chi connectivity index (χ0) is 22.7. The zero-order valence-electron chi connectivity index (χ0n) is 18.8. The minimum atomic E-state index is -0.556. The number of primary amides is 1. The Labute approximate surface area is 188 Å². The standard InChI is InChI=1S/C23H30N8O/c1-28(2)20-10-6-18(7-11-20)22-16-21(26-31(22)23(24)32)17-4-8-19(9-5-17)25-27-30-14-12-29(3)13-15-30/h4-11,22H,12-16H2,1-3H3,(H2,24,32). The van der Waals surface area contributed by atoms with Crippen molar-refractivity contribution in [3.8, 4) is 0 Å². The van der Waals surface area contributed by atoms with Gasteiger partial charge in [0.25, 0.3) is 0 Å². The van der Waals surface area contributed by atoms with Gasteiger partial charge in [-0.2, -0.15) is 5.10 Å². The Morgan fingerprint density at radius 2 is 1.69 bits per heavy atom. The van der Waals surface area contributed by atoms with Crippen LogP contribution in [0.25, 0.3) is 0 Å². The van der Waals surface area contributed by atoms with E-state index >= 15 is 0 Å². The van der Waals surface area contributed by atoms with Crippen LogP contribution in [-0.4, -0.2) is 74.0 Å². The molecule has 9 heteroatoms. The number of carbonyl (C=O) groups is 1. The Morgan fingerprint density at radius 1 is 1.03 bits per heavy atom. The Morgan fingerprint density at radius 3 is 2.28 bits per heavy atom. The highest BCUT2D eigenvalue weighted by Crippen LogP contribution is 2.33. The van der Waals surface area contributed by atoms with E-state index in [2.05, 4.69) is 27.4 Å². The van der Waals surface area contributed by atoms with E-state index in [0.717, 1.165) is 54.4 Å². The van der Waals surface area contributed by atoms with Gasteiger partial charge < -0.3 is 15.5 Å². The number of benzene rings is 2. The quantitative estimate of drug-likeness (QED) is 0.731. The van der Waals surface area contributed by atoms with Crippen LogP contribution in [0.15, 0.2) is 64.0 Å². The summed E-state index contributed by atoms with van der Waals surface area (Å²) in [7, 11) is 6.10. The number of carbonyl (C=O) groups excluding carboxylic acids is 1. The molecule has 0 aromatic heterocycles. The summed E-state index contributed by atoms with van der Waals surface area (Å²) in [5, 5.41) is 16.6. The lowest BCUT2D eigenvalue weighted by molar-refractivity contribution is 0.150. The molecule has 0 saturated carbocycles. The summed E-state index contributed by atoms with van der Waals surface area (Å²) in [6.45, 7) is 3.75. The summed E-state index contributed by atoms with van der Waals surface area (Å²) in [6.07, 6.45) is 0.604. The van der Waals surface area contributed by atoms with Crippen LogP contribution in [0.5, 0.6) is 0 Å². The molecular formula is C23H30N8O. The van der Waals surface area contributed by atoms with Crippen LogP contribution in [0.2, 0.25) is 0 Å². The van der Waals surface area contributed by atoms with Gasteiger partial charge in [0.1, 0.15) is 0 Å². The van der Waals surface area contributed by atoms with Crippen LogP contribution in [-0.2, 0) is 0 Å². The lowest BCUT2D eigenvalue weighted by Gasteiger charge is -2.29. The summed E-state index contributed by atoms with van der Waals surface area (Å²) in [4.78, 5) is 16.4. The molecule has 2 N–H and O–H groups in total. The van der Waals surface area contributed by atoms with Crippen molar-refractivity contribution >= 4 is 23.1 Å². The van der Waals surface area contributed by atoms with Crippen LogP contribution >= 0.6 is 0 Å². The SMILES string of the molecule is CN1CCN(N=Nc2ccc(C3=NN(C(N)=O)C(c4ccc(N(C)C)cc4)C3)cc2)CC1. The first kappa shape index (κ1) is 21.8. The third-order valence-electron chi connectivity index (χ3n) is 5.90. The number of nitrogens with two attached hydrogens (primary N) is 1. The average Bonchev–Trinajstić information content (AvgIpc) is 3.25. The fourth-order valence-corrected chi connectivity index (χ4v) is 3.86. The second-order valence-electron chi connectivity index (χ2n) is 8.43. The minimum Gasteiger partial charge on any atom is -0.378 e. The monoisotopic (exact) mass is 434 g/mol. The molecule has 168 valence electrons. The van der Waals surface area contributed by atoms with Gasteiger partial charge in [-0.15, -0.1) is 5.11 Å². The predicted molar refractivity (Wildman–Crippen MR) is 126 cm³/mol. The fourth-order valence-electron chi connectivity index (χ4n) is 3.86. The van der Waals surface area contributed by atoms with Crippen molar-refractivity contribution in [2.75, 3.05) is 52.2 Å². The lowest BCUT2D eigenvalue weighted by atomic mass is 9.98. The first-order chi connectivity index (χ1) is 15.4. The maximum absolute atomic E-state index is 12.0. The molecule has 9 nitrogen and oxygen atoms in total. The van der Waals surface area contributed by atoms with Crippen molar-refractivity contribution in [2.24, 2.45) is 21.2 Å². The summed E-state index contributed by atoms with van der Waals surface area (Å²) < 4.78 is 0. The number of urea groups is 1. The van der Waals surface area contributed by atoms with E-state index in [-0.39, 0.29) is 6.04 Å². The van der Waals surface area contributed by atoms with E-state index < -0.39 is 6.03 Å². The molecule has 32 heavy (non-hydrogen) atoms. The van der Waals surface area contributed by atoms with Crippen molar-refractivity contribution in [3.63, 3.8) is 0 Å². The number of amides is 2. The van der Waals surface area contributed by atoms with Gasteiger partial charge >= 0.3 is 6.03 Å². The van der Waals surface area contributed by atoms with Crippen molar-refractivity contribution in [3.05, 3.63) is 59.7 Å². The topological polar surface area (TPSA) is 93.1 Å². The normalized spacial score (nSPS) is 19.5. The third-order valence-corrected chi connectivity index (χ3v) is 5.90. The van der Waals surface area contributed by atoms with Gasteiger partial charge in [-0.25, -0.2) is 9.80 Å². The molecule has 0 bridgehead atoms. The van der Waals surface area contributed by atoms with E-state index in [1.165, 1.54) is 5.01 Å². The summed E-state index contributed by atoms with van der Waals surface area (Å²) in [5.41, 5.74) is 10.3. The Kier molecular flexibility index (Phi) is 6.36. The smallest absolute Gasteiger partial charge is 0.335 e. The molecule has 0 spiro atoms. The number of hydrazone groups is 1. The highest BCUT2D eigenvalue weighted by molar-refractivity contribution is 6.03. The zero-order valence-corrected chi connectivity index (χ0v) is 18.8. The number of nitrogens with zero attached hydrogens (tertiary/aromatic N) is 7. The van der Waals surface area contributed by atoms with Crippen LogP contribution < -0.4 is 10.6 Å². The van der Waals surface area contributed by atoms with Crippen molar-refractivity contribution in [1.82, 2.24) is 14.9 Å². The maximum atomic E-state index is 12.0. The van der Waals surface area contributed by atoms with Gasteiger partial charge in [0.05, 0.1) is 30.5 Å². The number of rotatable bonds is 5. The van der Waals surface area contributed by atoms with E-state index in [1.807, 2.05) is 72.5 Å². The predicted octanol–water partition coefficient (Wildman–Crippen LogP) is 3.23. The van der Waals surface area contributed by atoms with Crippen LogP contribution in [0.3, 0.4) is 0 Å². The number of anilines is 1. The number of likely N-dealkylation sites (N-methyl/N-ethyl adjacent to an activating group) is 1. The van der Waals surface area contributed by atoms with Crippen molar-refractivity contribution in [2.45, 2.75) is 12.5 Å². The molecule has 0 aliphatic carbocycles. The first-order valence-electron chi connectivity index (χ1n) is 10.8. The molecule has 1 fully saturated rings. The summed E-state index contributed by atoms with van der Waals surface area (Å²) in [5.74, 6) is 0. The molecule has 2 aliphatic rings. The van der Waals surface area contributed by atoms with Gasteiger partial charge in [0, 0.05) is 39.3 Å². The Hall–Kier alpha value is -3.46. The van der Waals surface area contributed by atoms with Gasteiger partial charge in [-0.1, -0.05) is 29.5 Å². The molecule has 4 rings (SSSR count). The van der Waals surface area contributed by atoms with E-state index in [4.69, 9.17) is 5.73 Å². The Bertz CT molecular complexity index is 992. The summed E-state index contributed by atoms with van der Waals surface area (Å²) >= 11 is 0. The van der Waals surface area contributed by atoms with E-state index in [1.54, 1.807) is 0 Å². The van der Waals surface area contributed by atoms with Crippen molar-refractivity contribution < 1.29 is 4.79 Å². The maximum Gasteiger partial charge on any atom is 0.335 e. The van der Waals surface area contributed by atoms with E-state index in [0.29, 0.717) is 6.42 Å². The second kappa shape index (κ2) is 9.35. The highest BCUT2D eigenvalue weighted by Gasteiger charge is 2.32. The van der Waals surface area contributed by atoms with Crippen LogP contribution in [0, 0.1) is 0 Å². The average molecular weight is 435 g/mol. The number of hydrogen-bond acceptors (Lipinski definition) is 6. The summed E-state index contributed by atoms with van der Waals surface area (Å²) in [6, 6.07) is 15.1. The van der Waals surface area contributed by atoms with E-state index in [9.17, 15) is 4.79 Å². The molecule has 2 heterocycles.